The normalized spacial score (nSPS) is 49.7. The van der Waals surface area contributed by atoms with Gasteiger partial charge in [0.05, 0.1) is 10.8 Å². The van der Waals surface area contributed by atoms with Gasteiger partial charge in [-0.2, -0.15) is 13.2 Å². The summed E-state index contributed by atoms with van der Waals surface area (Å²) in [5, 5.41) is 3.06. The predicted octanol–water partition coefficient (Wildman–Crippen LogP) is 1.65. The third-order valence-electron chi connectivity index (χ3n) is 7.29. The Kier molecular flexibility index (Phi) is 3.16. The fraction of sp³-hybridized carbons (Fsp3) is 0.938. The molecule has 23 heavy (non-hydrogen) atoms. The Morgan fingerprint density at radius 3 is 2.35 bits per heavy atom. The molecule has 130 valence electrons. The number of halogens is 3. The maximum Gasteiger partial charge on any atom is 0.396 e. The maximum atomic E-state index is 13.6. The number of carbonyl (C=O) groups excluding carboxylic acids is 1. The average Bonchev–Trinajstić information content (AvgIpc) is 3.02. The van der Waals surface area contributed by atoms with Crippen LogP contribution in [0.3, 0.4) is 0 Å². The van der Waals surface area contributed by atoms with Crippen LogP contribution < -0.4 is 11.1 Å². The number of carbonyl (C=O) groups is 1. The minimum atomic E-state index is -4.37. The molecule has 0 aromatic heterocycles. The van der Waals surface area contributed by atoms with E-state index in [0.29, 0.717) is 12.1 Å². The molecule has 3 heterocycles. The molecule has 0 radical (unpaired) electrons. The summed E-state index contributed by atoms with van der Waals surface area (Å²) in [7, 11) is 2.12. The third-order valence-corrected chi connectivity index (χ3v) is 7.29. The monoisotopic (exact) mass is 331 g/mol. The van der Waals surface area contributed by atoms with Crippen molar-refractivity contribution >= 4 is 5.91 Å². The van der Waals surface area contributed by atoms with Gasteiger partial charge in [-0.15, -0.1) is 0 Å². The number of hydrogen-bond acceptors (Lipinski definition) is 3. The van der Waals surface area contributed by atoms with E-state index in [1.54, 1.807) is 0 Å². The summed E-state index contributed by atoms with van der Waals surface area (Å²) in [5.74, 6) is -0.658. The number of nitrogens with zero attached hydrogens (tertiary/aromatic N) is 1. The van der Waals surface area contributed by atoms with Crippen molar-refractivity contribution in [3.05, 3.63) is 0 Å². The summed E-state index contributed by atoms with van der Waals surface area (Å²) in [6, 6.07) is 0.441. The predicted molar refractivity (Wildman–Crippen MR) is 78.4 cm³/mol. The van der Waals surface area contributed by atoms with Gasteiger partial charge in [0, 0.05) is 24.7 Å². The summed E-state index contributed by atoms with van der Waals surface area (Å²) in [5.41, 5.74) is 2.17. The van der Waals surface area contributed by atoms with Gasteiger partial charge >= 0.3 is 6.18 Å². The second-order valence-electron chi connectivity index (χ2n) is 8.09. The maximum absolute atomic E-state index is 13.6. The number of hydrogen-bond donors (Lipinski definition) is 2. The van der Waals surface area contributed by atoms with Gasteiger partial charge in [0.1, 0.15) is 0 Å². The standard InChI is InChI=1S/C16H24F3N3O/c1-22-10-3-2-4-11(22)6-9(5-10)12-15(13(20)23)7-14(15,8-21-12)16(17,18)19/h9-12,21H,2-8H2,1H3,(H2,20,23)/t9?,10-,11+,12?,14?,15?. The molecule has 4 rings (SSSR count). The topological polar surface area (TPSA) is 58.4 Å². The number of piperidine rings is 3. The number of alkyl halides is 3. The van der Waals surface area contributed by atoms with Crippen LogP contribution >= 0.6 is 0 Å². The highest BCUT2D eigenvalue weighted by Crippen LogP contribution is 2.76. The summed E-state index contributed by atoms with van der Waals surface area (Å²) >= 11 is 0. The Hall–Kier alpha value is -0.820. The molecular formula is C16H24F3N3O. The van der Waals surface area contributed by atoms with Crippen LogP contribution in [-0.4, -0.2) is 48.7 Å². The lowest BCUT2D eigenvalue weighted by atomic mass is 9.71. The lowest BCUT2D eigenvalue weighted by Gasteiger charge is -2.49. The summed E-state index contributed by atoms with van der Waals surface area (Å²) < 4.78 is 40.7. The van der Waals surface area contributed by atoms with E-state index in [4.69, 9.17) is 5.73 Å². The van der Waals surface area contributed by atoms with Crippen LogP contribution in [0.5, 0.6) is 0 Å². The van der Waals surface area contributed by atoms with Gasteiger partial charge in [0.2, 0.25) is 5.91 Å². The Morgan fingerprint density at radius 1 is 1.26 bits per heavy atom. The highest BCUT2D eigenvalue weighted by atomic mass is 19.4. The number of primary amides is 1. The molecule has 3 N–H and O–H groups in total. The highest BCUT2D eigenvalue weighted by Gasteiger charge is 2.87. The molecule has 0 aromatic rings. The number of amides is 1. The second-order valence-corrected chi connectivity index (χ2v) is 8.09. The van der Waals surface area contributed by atoms with Crippen molar-refractivity contribution in [1.82, 2.24) is 10.2 Å². The number of rotatable bonds is 2. The van der Waals surface area contributed by atoms with E-state index in [-0.39, 0.29) is 18.9 Å². The van der Waals surface area contributed by atoms with Crippen LogP contribution in [0.2, 0.25) is 0 Å². The number of nitrogens with two attached hydrogens (primary N) is 1. The Labute approximate surface area is 133 Å². The Morgan fingerprint density at radius 2 is 1.87 bits per heavy atom. The molecule has 3 saturated heterocycles. The van der Waals surface area contributed by atoms with Gasteiger partial charge < -0.3 is 16.0 Å². The zero-order chi connectivity index (χ0) is 16.6. The molecule has 4 fully saturated rings. The molecule has 1 amide bonds. The van der Waals surface area contributed by atoms with E-state index in [1.165, 1.54) is 6.42 Å². The molecule has 4 nitrogen and oxygen atoms in total. The molecule has 6 atom stereocenters. The van der Waals surface area contributed by atoms with Gasteiger partial charge in [0.25, 0.3) is 0 Å². The van der Waals surface area contributed by atoms with Crippen LogP contribution in [0, 0.1) is 16.7 Å². The summed E-state index contributed by atoms with van der Waals surface area (Å²) in [6.07, 6.45) is 0.636. The fourth-order valence-corrected chi connectivity index (χ4v) is 5.95. The quantitative estimate of drug-likeness (QED) is 0.809. The molecule has 1 saturated carbocycles. The lowest BCUT2D eigenvalue weighted by molar-refractivity contribution is -0.192. The van der Waals surface area contributed by atoms with Gasteiger partial charge in [-0.05, 0) is 45.1 Å². The Bertz CT molecular complexity index is 525. The number of fused-ring (bicyclic) bond motifs is 3. The molecule has 1 aliphatic carbocycles. The van der Waals surface area contributed by atoms with Crippen LogP contribution in [0.15, 0.2) is 0 Å². The van der Waals surface area contributed by atoms with Crippen LogP contribution in [0.1, 0.15) is 38.5 Å². The first-order valence-electron chi connectivity index (χ1n) is 8.55. The van der Waals surface area contributed by atoms with E-state index in [9.17, 15) is 18.0 Å². The average molecular weight is 331 g/mol. The van der Waals surface area contributed by atoms with Crippen molar-refractivity contribution in [1.29, 1.82) is 0 Å². The summed E-state index contributed by atoms with van der Waals surface area (Å²) in [6.45, 7) is -0.161. The van der Waals surface area contributed by atoms with Crippen LogP contribution in [0.4, 0.5) is 13.2 Å². The minimum absolute atomic E-state index is 0.112. The zero-order valence-corrected chi connectivity index (χ0v) is 13.3. The fourth-order valence-electron chi connectivity index (χ4n) is 5.95. The smallest absolute Gasteiger partial charge is 0.369 e. The molecule has 0 aromatic carbocycles. The van der Waals surface area contributed by atoms with Crippen molar-refractivity contribution in [3.63, 3.8) is 0 Å². The van der Waals surface area contributed by atoms with Gasteiger partial charge in [-0.1, -0.05) is 6.42 Å². The third kappa shape index (κ3) is 1.83. The van der Waals surface area contributed by atoms with Crippen molar-refractivity contribution in [2.75, 3.05) is 13.6 Å². The molecule has 0 spiro atoms. The molecule has 7 heteroatoms. The van der Waals surface area contributed by atoms with Crippen molar-refractivity contribution in [2.45, 2.75) is 62.8 Å². The van der Waals surface area contributed by atoms with E-state index >= 15 is 0 Å². The van der Waals surface area contributed by atoms with Crippen molar-refractivity contribution < 1.29 is 18.0 Å². The van der Waals surface area contributed by atoms with Crippen molar-refractivity contribution in [2.24, 2.45) is 22.5 Å². The van der Waals surface area contributed by atoms with Crippen molar-refractivity contribution in [3.8, 4) is 0 Å². The van der Waals surface area contributed by atoms with E-state index in [0.717, 1.165) is 25.7 Å². The first kappa shape index (κ1) is 15.7. The number of nitrogens with one attached hydrogen (secondary N) is 1. The van der Waals surface area contributed by atoms with Gasteiger partial charge in [-0.25, -0.2) is 0 Å². The van der Waals surface area contributed by atoms with Gasteiger partial charge in [-0.3, -0.25) is 4.79 Å². The minimum Gasteiger partial charge on any atom is -0.369 e. The van der Waals surface area contributed by atoms with Crippen LogP contribution in [0.25, 0.3) is 0 Å². The zero-order valence-electron chi connectivity index (χ0n) is 13.3. The Balaban J connectivity index is 1.62. The first-order chi connectivity index (χ1) is 10.7. The van der Waals surface area contributed by atoms with E-state index < -0.39 is 29.0 Å². The van der Waals surface area contributed by atoms with Crippen LogP contribution in [-0.2, 0) is 4.79 Å². The largest absolute Gasteiger partial charge is 0.396 e. The molecule has 4 unspecified atom stereocenters. The molecular weight excluding hydrogens is 307 g/mol. The first-order valence-corrected chi connectivity index (χ1v) is 8.55. The summed E-state index contributed by atoms with van der Waals surface area (Å²) in [4.78, 5) is 14.4. The van der Waals surface area contributed by atoms with Gasteiger partial charge in [0.15, 0.2) is 0 Å². The molecule has 4 aliphatic rings. The molecule has 2 bridgehead atoms. The van der Waals surface area contributed by atoms with E-state index in [2.05, 4.69) is 17.3 Å². The SMILES string of the molecule is CN1[C@@H]2CCC[C@H]1CC(C1NCC3(C(F)(F)F)CC13C(N)=O)C2. The van der Waals surface area contributed by atoms with E-state index in [1.807, 2.05) is 0 Å². The molecule has 3 aliphatic heterocycles. The second kappa shape index (κ2) is 4.63. The lowest BCUT2D eigenvalue weighted by Crippen LogP contribution is -2.55. The highest BCUT2D eigenvalue weighted by molar-refractivity contribution is 5.87.